The van der Waals surface area contributed by atoms with Crippen LogP contribution in [-0.2, 0) is 9.59 Å². The van der Waals surface area contributed by atoms with Gasteiger partial charge in [-0.25, -0.2) is 0 Å². The summed E-state index contributed by atoms with van der Waals surface area (Å²) in [4.78, 5) is 26.4. The molecule has 6 nitrogen and oxygen atoms in total. The Hall–Kier alpha value is -2.24. The number of rotatable bonds is 7. The fraction of sp³-hybridized carbons (Fsp3) is 0.556. The molecular weight excluding hydrogens is 308 g/mol. The highest BCUT2D eigenvalue weighted by molar-refractivity contribution is 5.98. The van der Waals surface area contributed by atoms with Gasteiger partial charge in [-0.05, 0) is 24.5 Å². The van der Waals surface area contributed by atoms with E-state index in [1.807, 2.05) is 0 Å². The van der Waals surface area contributed by atoms with Crippen LogP contribution in [0, 0.1) is 11.8 Å². The molecular formula is C18H26N2O4. The quantitative estimate of drug-likeness (QED) is 0.832. The summed E-state index contributed by atoms with van der Waals surface area (Å²) in [6.07, 6.45) is 1.21. The number of nitrogens with zero attached hydrogens (tertiary/aromatic N) is 1. The van der Waals surface area contributed by atoms with E-state index in [2.05, 4.69) is 19.2 Å². The summed E-state index contributed by atoms with van der Waals surface area (Å²) in [6, 6.07) is 5.22. The molecule has 6 heteroatoms. The van der Waals surface area contributed by atoms with Gasteiger partial charge in [0.2, 0.25) is 11.8 Å². The number of hydrogen-bond donors (Lipinski definition) is 1. The Bertz CT molecular complexity index is 601. The fourth-order valence-electron chi connectivity index (χ4n) is 2.72. The SMILES string of the molecule is COc1ccc(OC)c(NC(=O)C2CC(=O)N(CCC(C)C)C2)c1. The van der Waals surface area contributed by atoms with E-state index in [4.69, 9.17) is 9.47 Å². The van der Waals surface area contributed by atoms with Crippen molar-refractivity contribution in [2.45, 2.75) is 26.7 Å². The molecule has 1 N–H and O–H groups in total. The van der Waals surface area contributed by atoms with Gasteiger partial charge >= 0.3 is 0 Å². The number of nitrogens with one attached hydrogen (secondary N) is 1. The van der Waals surface area contributed by atoms with E-state index in [-0.39, 0.29) is 24.2 Å². The van der Waals surface area contributed by atoms with E-state index < -0.39 is 0 Å². The van der Waals surface area contributed by atoms with Crippen LogP contribution in [0.5, 0.6) is 11.5 Å². The highest BCUT2D eigenvalue weighted by atomic mass is 16.5. The zero-order chi connectivity index (χ0) is 17.7. The number of carbonyl (C=O) groups is 2. The van der Waals surface area contributed by atoms with Crippen molar-refractivity contribution in [1.82, 2.24) is 4.90 Å². The van der Waals surface area contributed by atoms with Gasteiger partial charge in [0.25, 0.3) is 0 Å². The first-order valence-electron chi connectivity index (χ1n) is 8.25. The first-order chi connectivity index (χ1) is 11.4. The molecule has 0 aromatic heterocycles. The number of carbonyl (C=O) groups excluding carboxylic acids is 2. The maximum absolute atomic E-state index is 12.5. The molecule has 2 rings (SSSR count). The van der Waals surface area contributed by atoms with Crippen LogP contribution in [0.25, 0.3) is 0 Å². The van der Waals surface area contributed by atoms with Gasteiger partial charge in [-0.3, -0.25) is 9.59 Å². The van der Waals surface area contributed by atoms with Crippen LogP contribution in [0.2, 0.25) is 0 Å². The summed E-state index contributed by atoms with van der Waals surface area (Å²) in [7, 11) is 3.11. The third-order valence-electron chi connectivity index (χ3n) is 4.23. The highest BCUT2D eigenvalue weighted by Crippen LogP contribution is 2.30. The molecule has 1 fully saturated rings. The van der Waals surface area contributed by atoms with E-state index in [1.54, 1.807) is 37.3 Å². The monoisotopic (exact) mass is 334 g/mol. The van der Waals surface area contributed by atoms with Gasteiger partial charge in [-0.2, -0.15) is 0 Å². The summed E-state index contributed by atoms with van der Waals surface area (Å²) in [5.74, 6) is 1.28. The van der Waals surface area contributed by atoms with Crippen LogP contribution in [0.1, 0.15) is 26.7 Å². The van der Waals surface area contributed by atoms with E-state index in [9.17, 15) is 9.59 Å². The molecule has 132 valence electrons. The average Bonchev–Trinajstić information content (AvgIpc) is 2.94. The van der Waals surface area contributed by atoms with Gasteiger partial charge in [0.05, 0.1) is 25.8 Å². The van der Waals surface area contributed by atoms with E-state index in [0.29, 0.717) is 36.2 Å². The number of methoxy groups -OCH3 is 2. The van der Waals surface area contributed by atoms with Crippen molar-refractivity contribution in [1.29, 1.82) is 0 Å². The van der Waals surface area contributed by atoms with Crippen molar-refractivity contribution in [2.24, 2.45) is 11.8 Å². The maximum Gasteiger partial charge on any atom is 0.229 e. The molecule has 0 radical (unpaired) electrons. The highest BCUT2D eigenvalue weighted by Gasteiger charge is 2.34. The van der Waals surface area contributed by atoms with E-state index >= 15 is 0 Å². The first-order valence-corrected chi connectivity index (χ1v) is 8.25. The third kappa shape index (κ3) is 4.40. The summed E-state index contributed by atoms with van der Waals surface area (Å²) in [6.45, 7) is 5.44. The molecule has 1 aromatic carbocycles. The Morgan fingerprint density at radius 2 is 2.08 bits per heavy atom. The Kier molecular flexibility index (Phi) is 6.06. The summed E-state index contributed by atoms with van der Waals surface area (Å²) in [5, 5.41) is 2.86. The first kappa shape index (κ1) is 18.1. The van der Waals surface area contributed by atoms with Crippen molar-refractivity contribution in [2.75, 3.05) is 32.6 Å². The molecule has 2 amide bonds. The largest absolute Gasteiger partial charge is 0.497 e. The van der Waals surface area contributed by atoms with Crippen molar-refractivity contribution in [3.05, 3.63) is 18.2 Å². The van der Waals surface area contributed by atoms with Gasteiger partial charge in [0.1, 0.15) is 11.5 Å². The molecule has 1 aromatic rings. The van der Waals surface area contributed by atoms with E-state index in [0.717, 1.165) is 6.42 Å². The Morgan fingerprint density at radius 1 is 1.33 bits per heavy atom. The molecule has 1 saturated heterocycles. The standard InChI is InChI=1S/C18H26N2O4/c1-12(2)7-8-20-11-13(9-17(20)21)18(22)19-15-10-14(23-3)5-6-16(15)24-4/h5-6,10,12-13H,7-9,11H2,1-4H3,(H,19,22). The van der Waals surface area contributed by atoms with E-state index in [1.165, 1.54) is 0 Å². The number of hydrogen-bond acceptors (Lipinski definition) is 4. The predicted molar refractivity (Wildman–Crippen MR) is 92.3 cm³/mol. The van der Waals surface area contributed by atoms with Crippen molar-refractivity contribution < 1.29 is 19.1 Å². The number of likely N-dealkylation sites (tertiary alicyclic amines) is 1. The maximum atomic E-state index is 12.5. The van der Waals surface area contributed by atoms with Crippen LogP contribution >= 0.6 is 0 Å². The second-order valence-corrected chi connectivity index (χ2v) is 6.48. The van der Waals surface area contributed by atoms with Gasteiger partial charge in [0.15, 0.2) is 0 Å². The zero-order valence-corrected chi connectivity index (χ0v) is 14.8. The van der Waals surface area contributed by atoms with Crippen LogP contribution in [-0.4, -0.2) is 44.0 Å². The number of amides is 2. The summed E-state index contributed by atoms with van der Waals surface area (Å²) in [5.41, 5.74) is 0.551. The fourth-order valence-corrected chi connectivity index (χ4v) is 2.72. The Morgan fingerprint density at radius 3 is 2.71 bits per heavy atom. The second-order valence-electron chi connectivity index (χ2n) is 6.48. The van der Waals surface area contributed by atoms with Crippen LogP contribution in [0.3, 0.4) is 0 Å². The average molecular weight is 334 g/mol. The molecule has 0 spiro atoms. The molecule has 1 atom stereocenters. The molecule has 1 heterocycles. The van der Waals surface area contributed by atoms with Gasteiger partial charge in [-0.15, -0.1) is 0 Å². The smallest absolute Gasteiger partial charge is 0.229 e. The molecule has 0 saturated carbocycles. The zero-order valence-electron chi connectivity index (χ0n) is 14.8. The lowest BCUT2D eigenvalue weighted by Gasteiger charge is -2.18. The number of benzene rings is 1. The Balaban J connectivity index is 2.01. The Labute approximate surface area is 143 Å². The lowest BCUT2D eigenvalue weighted by atomic mass is 10.1. The molecule has 24 heavy (non-hydrogen) atoms. The minimum absolute atomic E-state index is 0.0495. The lowest BCUT2D eigenvalue weighted by molar-refractivity contribution is -0.128. The van der Waals surface area contributed by atoms with Crippen LogP contribution < -0.4 is 14.8 Å². The molecule has 1 aliphatic heterocycles. The number of anilines is 1. The lowest BCUT2D eigenvalue weighted by Crippen LogP contribution is -2.29. The second kappa shape index (κ2) is 8.04. The normalized spacial score (nSPS) is 17.3. The molecule has 1 aliphatic rings. The third-order valence-corrected chi connectivity index (χ3v) is 4.23. The van der Waals surface area contributed by atoms with Gasteiger partial charge in [-0.1, -0.05) is 13.8 Å². The topological polar surface area (TPSA) is 67.9 Å². The van der Waals surface area contributed by atoms with Crippen molar-refractivity contribution in [3.63, 3.8) is 0 Å². The molecule has 0 bridgehead atoms. The van der Waals surface area contributed by atoms with Crippen molar-refractivity contribution >= 4 is 17.5 Å². The molecule has 1 unspecified atom stereocenters. The molecule has 0 aliphatic carbocycles. The number of ether oxygens (including phenoxy) is 2. The minimum atomic E-state index is -0.333. The predicted octanol–water partition coefficient (Wildman–Crippen LogP) is 2.54. The van der Waals surface area contributed by atoms with Crippen molar-refractivity contribution in [3.8, 4) is 11.5 Å². The van der Waals surface area contributed by atoms with Gasteiger partial charge in [0, 0.05) is 25.6 Å². The summed E-state index contributed by atoms with van der Waals surface area (Å²) >= 11 is 0. The summed E-state index contributed by atoms with van der Waals surface area (Å²) < 4.78 is 10.4. The van der Waals surface area contributed by atoms with Crippen LogP contribution in [0.15, 0.2) is 18.2 Å². The van der Waals surface area contributed by atoms with Crippen LogP contribution in [0.4, 0.5) is 5.69 Å². The minimum Gasteiger partial charge on any atom is -0.497 e. The van der Waals surface area contributed by atoms with Gasteiger partial charge < -0.3 is 19.7 Å².